The van der Waals surface area contributed by atoms with Crippen LogP contribution >= 0.6 is 0 Å². The van der Waals surface area contributed by atoms with Gasteiger partial charge in [-0.05, 0) is 19.3 Å². The van der Waals surface area contributed by atoms with Gasteiger partial charge in [0.15, 0.2) is 12.1 Å². The summed E-state index contributed by atoms with van der Waals surface area (Å²) >= 11 is 0. The van der Waals surface area contributed by atoms with Crippen molar-refractivity contribution in [2.24, 2.45) is 17.8 Å². The zero-order valence-corrected chi connectivity index (χ0v) is 10.2. The van der Waals surface area contributed by atoms with Gasteiger partial charge in [-0.2, -0.15) is 0 Å². The van der Waals surface area contributed by atoms with E-state index in [9.17, 15) is 5.11 Å². The van der Waals surface area contributed by atoms with Gasteiger partial charge in [0.05, 0.1) is 30.8 Å². The van der Waals surface area contributed by atoms with Crippen molar-refractivity contribution in [2.75, 3.05) is 13.2 Å². The SMILES string of the molecule is OC12OC3C4OCC1C(OC1CCCCO1)C2C43. The molecule has 100 valence electrons. The van der Waals surface area contributed by atoms with Crippen LogP contribution in [0, 0.1) is 17.8 Å². The molecular formula is C13H18O5. The molecule has 2 saturated carbocycles. The van der Waals surface area contributed by atoms with Crippen LogP contribution in [0.25, 0.3) is 0 Å². The Balaban J connectivity index is 1.37. The Kier molecular flexibility index (Phi) is 1.92. The van der Waals surface area contributed by atoms with E-state index in [1.165, 1.54) is 6.42 Å². The summed E-state index contributed by atoms with van der Waals surface area (Å²) in [7, 11) is 0. The zero-order chi connectivity index (χ0) is 11.9. The molecule has 5 nitrogen and oxygen atoms in total. The molecule has 8 unspecified atom stereocenters. The molecule has 18 heavy (non-hydrogen) atoms. The first kappa shape index (κ1) is 10.6. The minimum atomic E-state index is -0.971. The first-order valence-electron chi connectivity index (χ1n) is 7.08. The van der Waals surface area contributed by atoms with E-state index >= 15 is 0 Å². The Hall–Kier alpha value is -0.200. The Morgan fingerprint density at radius 3 is 2.94 bits per heavy atom. The van der Waals surface area contributed by atoms with Crippen LogP contribution in [0.1, 0.15) is 19.3 Å². The predicted octanol–water partition coefficient (Wildman–Crippen LogP) is 0.260. The molecule has 8 atom stereocenters. The zero-order valence-electron chi connectivity index (χ0n) is 10.2. The van der Waals surface area contributed by atoms with Crippen molar-refractivity contribution in [2.45, 2.75) is 49.7 Å². The highest BCUT2D eigenvalue weighted by atomic mass is 16.7. The van der Waals surface area contributed by atoms with Crippen LogP contribution in [0.4, 0.5) is 0 Å². The summed E-state index contributed by atoms with van der Waals surface area (Å²) in [6.45, 7) is 1.35. The first-order valence-corrected chi connectivity index (χ1v) is 7.08. The van der Waals surface area contributed by atoms with Crippen molar-refractivity contribution in [3.63, 3.8) is 0 Å². The monoisotopic (exact) mass is 254 g/mol. The average Bonchev–Trinajstić information content (AvgIpc) is 3.03. The van der Waals surface area contributed by atoms with Gasteiger partial charge >= 0.3 is 0 Å². The summed E-state index contributed by atoms with van der Waals surface area (Å²) in [5, 5.41) is 10.5. The molecule has 7 aliphatic rings. The Morgan fingerprint density at radius 1 is 1.17 bits per heavy atom. The van der Waals surface area contributed by atoms with Crippen molar-refractivity contribution in [3.8, 4) is 0 Å². The number of hydrogen-bond acceptors (Lipinski definition) is 5. The van der Waals surface area contributed by atoms with Crippen LogP contribution in [0.15, 0.2) is 0 Å². The molecule has 0 aromatic heterocycles. The summed E-state index contributed by atoms with van der Waals surface area (Å²) in [5.74, 6) is -0.553. The molecule has 7 fully saturated rings. The Morgan fingerprint density at radius 2 is 2.11 bits per heavy atom. The van der Waals surface area contributed by atoms with Crippen molar-refractivity contribution >= 4 is 0 Å². The highest BCUT2D eigenvalue weighted by Gasteiger charge is 2.83. The highest BCUT2D eigenvalue weighted by molar-refractivity contribution is 5.25. The number of rotatable bonds is 2. The van der Waals surface area contributed by atoms with E-state index in [2.05, 4.69) is 0 Å². The summed E-state index contributed by atoms with van der Waals surface area (Å²) < 4.78 is 23.2. The Labute approximate surface area is 105 Å². The maximum atomic E-state index is 10.5. The summed E-state index contributed by atoms with van der Waals surface area (Å²) in [6, 6.07) is 0. The van der Waals surface area contributed by atoms with Crippen molar-refractivity contribution < 1.29 is 24.1 Å². The van der Waals surface area contributed by atoms with Crippen molar-refractivity contribution in [3.05, 3.63) is 0 Å². The third-order valence-corrected chi connectivity index (χ3v) is 5.36. The molecule has 2 aliphatic carbocycles. The lowest BCUT2D eigenvalue weighted by Gasteiger charge is -2.53. The normalized spacial score (nSPS) is 64.2. The van der Waals surface area contributed by atoms with Gasteiger partial charge in [-0.15, -0.1) is 0 Å². The smallest absolute Gasteiger partial charge is 0.179 e. The molecule has 5 aliphatic heterocycles. The van der Waals surface area contributed by atoms with Gasteiger partial charge < -0.3 is 24.1 Å². The molecule has 7 rings (SSSR count). The van der Waals surface area contributed by atoms with Gasteiger partial charge in [0, 0.05) is 18.4 Å². The van der Waals surface area contributed by atoms with Gasteiger partial charge in [-0.3, -0.25) is 0 Å². The average molecular weight is 254 g/mol. The third-order valence-electron chi connectivity index (χ3n) is 5.36. The van der Waals surface area contributed by atoms with Crippen LogP contribution in [0.5, 0.6) is 0 Å². The summed E-state index contributed by atoms with van der Waals surface area (Å²) in [6.07, 6.45) is 3.55. The van der Waals surface area contributed by atoms with Crippen molar-refractivity contribution in [1.82, 2.24) is 0 Å². The lowest BCUT2D eigenvalue weighted by molar-refractivity contribution is -0.362. The maximum absolute atomic E-state index is 10.5. The predicted molar refractivity (Wildman–Crippen MR) is 58.5 cm³/mol. The van der Waals surface area contributed by atoms with Crippen molar-refractivity contribution in [1.29, 1.82) is 0 Å². The van der Waals surface area contributed by atoms with Crippen LogP contribution in [-0.4, -0.2) is 48.7 Å². The minimum Gasteiger partial charge on any atom is -0.374 e. The van der Waals surface area contributed by atoms with Crippen LogP contribution in [-0.2, 0) is 18.9 Å². The molecule has 0 aromatic rings. The second kappa shape index (κ2) is 3.27. The second-order valence-electron chi connectivity index (χ2n) is 6.24. The first-order chi connectivity index (χ1) is 8.79. The number of ether oxygens (including phenoxy) is 4. The molecule has 5 heterocycles. The number of aliphatic hydroxyl groups is 1. The Bertz CT molecular complexity index is 382. The van der Waals surface area contributed by atoms with Crippen LogP contribution < -0.4 is 0 Å². The van der Waals surface area contributed by atoms with Gasteiger partial charge in [0.1, 0.15) is 0 Å². The van der Waals surface area contributed by atoms with Gasteiger partial charge in [0.25, 0.3) is 0 Å². The fourth-order valence-corrected chi connectivity index (χ4v) is 4.37. The van der Waals surface area contributed by atoms with Gasteiger partial charge in [-0.1, -0.05) is 0 Å². The van der Waals surface area contributed by atoms with E-state index in [0.717, 1.165) is 19.4 Å². The molecule has 6 bridgehead atoms. The minimum absolute atomic E-state index is 0.0342. The quantitative estimate of drug-likeness (QED) is 0.766. The van der Waals surface area contributed by atoms with Crippen LogP contribution in [0.2, 0.25) is 0 Å². The molecule has 0 spiro atoms. The van der Waals surface area contributed by atoms with Gasteiger partial charge in [-0.25, -0.2) is 0 Å². The van der Waals surface area contributed by atoms with E-state index < -0.39 is 5.79 Å². The van der Waals surface area contributed by atoms with Crippen LogP contribution in [0.3, 0.4) is 0 Å². The fraction of sp³-hybridized carbons (Fsp3) is 1.00. The maximum Gasteiger partial charge on any atom is 0.179 e. The molecule has 1 N–H and O–H groups in total. The lowest BCUT2D eigenvalue weighted by Crippen LogP contribution is -2.67. The molecule has 0 aromatic carbocycles. The fourth-order valence-electron chi connectivity index (χ4n) is 4.37. The molecule has 0 radical (unpaired) electrons. The molecule has 5 heteroatoms. The summed E-state index contributed by atoms with van der Waals surface area (Å²) in [4.78, 5) is 0. The number of hydrogen-bond donors (Lipinski definition) is 1. The lowest BCUT2D eigenvalue weighted by atomic mass is 9.65. The second-order valence-corrected chi connectivity index (χ2v) is 6.24. The van der Waals surface area contributed by atoms with E-state index in [1.807, 2.05) is 0 Å². The van der Waals surface area contributed by atoms with E-state index in [0.29, 0.717) is 12.5 Å². The molecule has 0 amide bonds. The topological polar surface area (TPSA) is 57.2 Å². The van der Waals surface area contributed by atoms with E-state index in [1.54, 1.807) is 0 Å². The molecule has 5 saturated heterocycles. The van der Waals surface area contributed by atoms with E-state index in [4.69, 9.17) is 18.9 Å². The van der Waals surface area contributed by atoms with E-state index in [-0.39, 0.29) is 36.4 Å². The standard InChI is InChI=1S/C13H18O5/c14-13-6-5-16-11-8(12(11)18-13)9(13)10(6)17-7-3-1-2-4-15-7/h6-12,14H,1-5H2. The highest BCUT2D eigenvalue weighted by Crippen LogP contribution is 2.69. The third kappa shape index (κ3) is 1.11. The largest absolute Gasteiger partial charge is 0.374 e. The molecular weight excluding hydrogens is 236 g/mol. The summed E-state index contributed by atoms with van der Waals surface area (Å²) in [5.41, 5.74) is 0. The van der Waals surface area contributed by atoms with Gasteiger partial charge in [0.2, 0.25) is 0 Å².